The lowest BCUT2D eigenvalue weighted by atomic mass is 10.0. The van der Waals surface area contributed by atoms with Crippen molar-refractivity contribution in [2.24, 2.45) is 0 Å². The number of H-pyrrole nitrogens is 1. The van der Waals surface area contributed by atoms with Crippen LogP contribution in [0, 0.1) is 6.92 Å². The van der Waals surface area contributed by atoms with Crippen LogP contribution in [0.5, 0.6) is 11.5 Å². The minimum Gasteiger partial charge on any atom is -0.497 e. The van der Waals surface area contributed by atoms with Crippen molar-refractivity contribution in [1.29, 1.82) is 0 Å². The molecule has 0 bridgehead atoms. The Morgan fingerprint density at radius 2 is 2.00 bits per heavy atom. The van der Waals surface area contributed by atoms with E-state index in [4.69, 9.17) is 15.2 Å². The third-order valence-corrected chi connectivity index (χ3v) is 3.51. The second-order valence-electron chi connectivity index (χ2n) is 3.82. The van der Waals surface area contributed by atoms with Gasteiger partial charge < -0.3 is 15.2 Å². The molecule has 3 N–H and O–H groups in total. The molecule has 5 nitrogen and oxygen atoms in total. The molecule has 0 aliphatic heterocycles. The highest BCUT2D eigenvalue weighted by molar-refractivity contribution is 9.10. The molecule has 2 rings (SSSR count). The van der Waals surface area contributed by atoms with Crippen LogP contribution in [0.3, 0.4) is 0 Å². The third-order valence-electron chi connectivity index (χ3n) is 2.71. The highest BCUT2D eigenvalue weighted by atomic mass is 79.9. The van der Waals surface area contributed by atoms with Gasteiger partial charge in [0.25, 0.3) is 0 Å². The largest absolute Gasteiger partial charge is 0.497 e. The predicted molar refractivity (Wildman–Crippen MR) is 74.0 cm³/mol. The van der Waals surface area contributed by atoms with E-state index in [2.05, 4.69) is 26.1 Å². The van der Waals surface area contributed by atoms with Crippen LogP contribution >= 0.6 is 15.9 Å². The van der Waals surface area contributed by atoms with Gasteiger partial charge in [-0.05, 0) is 34.5 Å². The molecule has 0 atom stereocenters. The molecular formula is C12H14BrN3O2. The minimum atomic E-state index is 0.419. The van der Waals surface area contributed by atoms with Gasteiger partial charge in [-0.25, -0.2) is 0 Å². The van der Waals surface area contributed by atoms with Gasteiger partial charge in [0, 0.05) is 11.6 Å². The van der Waals surface area contributed by atoms with Gasteiger partial charge >= 0.3 is 0 Å². The number of benzene rings is 1. The van der Waals surface area contributed by atoms with Gasteiger partial charge in [0.2, 0.25) is 0 Å². The van der Waals surface area contributed by atoms with Crippen LogP contribution < -0.4 is 15.2 Å². The molecule has 0 fully saturated rings. The van der Waals surface area contributed by atoms with E-state index in [-0.39, 0.29) is 0 Å². The molecule has 0 unspecified atom stereocenters. The Hall–Kier alpha value is -1.69. The summed E-state index contributed by atoms with van der Waals surface area (Å²) < 4.78 is 11.4. The van der Waals surface area contributed by atoms with Gasteiger partial charge in [0.1, 0.15) is 11.5 Å². The number of nitrogens with one attached hydrogen (secondary N) is 1. The third kappa shape index (κ3) is 2.03. The summed E-state index contributed by atoms with van der Waals surface area (Å²) >= 11 is 3.41. The van der Waals surface area contributed by atoms with Crippen molar-refractivity contribution < 1.29 is 9.47 Å². The summed E-state index contributed by atoms with van der Waals surface area (Å²) in [5.74, 6) is 1.87. The summed E-state index contributed by atoms with van der Waals surface area (Å²) in [7, 11) is 3.24. The lowest BCUT2D eigenvalue weighted by Crippen LogP contribution is -1.94. The van der Waals surface area contributed by atoms with Crippen LogP contribution in [-0.2, 0) is 0 Å². The number of hydrogen-bond acceptors (Lipinski definition) is 4. The molecule has 1 aromatic carbocycles. The number of ether oxygens (including phenoxy) is 2. The molecule has 1 heterocycles. The number of anilines is 1. The molecule has 0 amide bonds. The van der Waals surface area contributed by atoms with Crippen LogP contribution in [-0.4, -0.2) is 24.4 Å². The maximum absolute atomic E-state index is 5.72. The van der Waals surface area contributed by atoms with Crippen molar-refractivity contribution in [1.82, 2.24) is 10.2 Å². The van der Waals surface area contributed by atoms with E-state index < -0.39 is 0 Å². The van der Waals surface area contributed by atoms with Crippen molar-refractivity contribution in [3.8, 4) is 22.8 Å². The number of aromatic amines is 1. The number of hydrogen-bond donors (Lipinski definition) is 2. The van der Waals surface area contributed by atoms with Gasteiger partial charge in [0.05, 0.1) is 24.4 Å². The van der Waals surface area contributed by atoms with Crippen molar-refractivity contribution in [2.45, 2.75) is 6.92 Å². The number of methoxy groups -OCH3 is 2. The van der Waals surface area contributed by atoms with Gasteiger partial charge in [-0.2, -0.15) is 5.10 Å². The van der Waals surface area contributed by atoms with E-state index >= 15 is 0 Å². The lowest BCUT2D eigenvalue weighted by Gasteiger charge is -2.12. The molecule has 6 heteroatoms. The number of nitrogens with zero attached hydrogens (tertiary/aromatic N) is 1. The predicted octanol–water partition coefficient (Wildman–Crippen LogP) is 2.75. The second-order valence-corrected chi connectivity index (χ2v) is 4.61. The van der Waals surface area contributed by atoms with Crippen LogP contribution in [0.25, 0.3) is 11.3 Å². The van der Waals surface area contributed by atoms with Gasteiger partial charge in [-0.3, -0.25) is 5.10 Å². The van der Waals surface area contributed by atoms with Gasteiger partial charge in [-0.1, -0.05) is 0 Å². The topological polar surface area (TPSA) is 73.2 Å². The van der Waals surface area contributed by atoms with Crippen LogP contribution in [0.15, 0.2) is 16.6 Å². The maximum atomic E-state index is 5.72. The molecule has 0 radical (unpaired) electrons. The van der Waals surface area contributed by atoms with E-state index in [0.717, 1.165) is 27.0 Å². The first kappa shape index (κ1) is 12.8. The Bertz CT molecular complexity index is 581. The molecule has 0 saturated heterocycles. The van der Waals surface area contributed by atoms with Crippen molar-refractivity contribution in [3.05, 3.63) is 22.2 Å². The Balaban J connectivity index is 2.67. The fraction of sp³-hybridized carbons (Fsp3) is 0.250. The normalized spacial score (nSPS) is 10.4. The fourth-order valence-electron chi connectivity index (χ4n) is 1.83. The van der Waals surface area contributed by atoms with Crippen molar-refractivity contribution in [3.63, 3.8) is 0 Å². The van der Waals surface area contributed by atoms with Crippen LogP contribution in [0.1, 0.15) is 5.56 Å². The highest BCUT2D eigenvalue weighted by Crippen LogP contribution is 2.40. The average Bonchev–Trinajstić information content (AvgIpc) is 2.69. The zero-order valence-electron chi connectivity index (χ0n) is 10.4. The Labute approximate surface area is 113 Å². The molecule has 0 aliphatic rings. The van der Waals surface area contributed by atoms with E-state index in [0.29, 0.717) is 11.6 Å². The first-order valence-electron chi connectivity index (χ1n) is 5.30. The SMILES string of the molecule is COc1cc(C)c(-c2[nH]nc(N)c2Br)c(OC)c1. The molecular weight excluding hydrogens is 298 g/mol. The van der Waals surface area contributed by atoms with E-state index in [1.807, 2.05) is 19.1 Å². The zero-order valence-corrected chi connectivity index (χ0v) is 12.0. The standard InChI is InChI=1S/C12H14BrN3O2/c1-6-4-7(17-2)5-8(18-3)9(6)11-10(13)12(14)16-15-11/h4-5H,1-3H3,(H3,14,15,16). The van der Waals surface area contributed by atoms with E-state index in [1.54, 1.807) is 14.2 Å². The molecule has 0 saturated carbocycles. The van der Waals surface area contributed by atoms with E-state index in [1.165, 1.54) is 0 Å². The van der Waals surface area contributed by atoms with Gasteiger partial charge in [0.15, 0.2) is 5.82 Å². The average molecular weight is 312 g/mol. The fourth-order valence-corrected chi connectivity index (χ4v) is 2.21. The Kier molecular flexibility index (Phi) is 3.47. The van der Waals surface area contributed by atoms with Crippen LogP contribution in [0.4, 0.5) is 5.82 Å². The number of halogens is 1. The highest BCUT2D eigenvalue weighted by Gasteiger charge is 2.17. The number of nitrogen functional groups attached to an aromatic ring is 1. The first-order valence-corrected chi connectivity index (χ1v) is 6.10. The number of rotatable bonds is 3. The van der Waals surface area contributed by atoms with Crippen molar-refractivity contribution in [2.75, 3.05) is 20.0 Å². The first-order chi connectivity index (χ1) is 8.58. The number of aryl methyl sites for hydroxylation is 1. The summed E-state index contributed by atoms with van der Waals surface area (Å²) in [6.07, 6.45) is 0. The quantitative estimate of drug-likeness (QED) is 0.914. The minimum absolute atomic E-state index is 0.419. The lowest BCUT2D eigenvalue weighted by molar-refractivity contribution is 0.395. The molecule has 2 aromatic rings. The van der Waals surface area contributed by atoms with Crippen molar-refractivity contribution >= 4 is 21.7 Å². The van der Waals surface area contributed by atoms with Gasteiger partial charge in [-0.15, -0.1) is 0 Å². The maximum Gasteiger partial charge on any atom is 0.160 e. The summed E-state index contributed by atoms with van der Waals surface area (Å²) in [4.78, 5) is 0. The monoisotopic (exact) mass is 311 g/mol. The van der Waals surface area contributed by atoms with E-state index in [9.17, 15) is 0 Å². The molecule has 0 aliphatic carbocycles. The molecule has 96 valence electrons. The zero-order chi connectivity index (χ0) is 13.3. The second kappa shape index (κ2) is 4.89. The number of nitrogens with two attached hydrogens (primary N) is 1. The van der Waals surface area contributed by atoms with Crippen LogP contribution in [0.2, 0.25) is 0 Å². The molecule has 0 spiro atoms. The summed E-state index contributed by atoms with van der Waals surface area (Å²) in [6, 6.07) is 3.76. The smallest absolute Gasteiger partial charge is 0.160 e. The molecule has 1 aromatic heterocycles. The molecule has 18 heavy (non-hydrogen) atoms. The Morgan fingerprint density at radius 1 is 1.28 bits per heavy atom. The summed E-state index contributed by atoms with van der Waals surface area (Å²) in [6.45, 7) is 1.98. The Morgan fingerprint density at radius 3 is 2.50 bits per heavy atom. The number of aromatic nitrogens is 2. The summed E-state index contributed by atoms with van der Waals surface area (Å²) in [5.41, 5.74) is 8.44. The summed E-state index contributed by atoms with van der Waals surface area (Å²) in [5, 5.41) is 6.87.